The molecule has 1 unspecified atom stereocenters. The molecule has 0 amide bonds. The highest BCUT2D eigenvalue weighted by Crippen LogP contribution is 2.34. The molecule has 7 heteroatoms. The van der Waals surface area contributed by atoms with Crippen LogP contribution in [0.4, 0.5) is 0 Å². The molecule has 0 fully saturated rings. The number of methoxy groups -OCH3 is 2. The molecular formula is C21H22N2O4S. The van der Waals surface area contributed by atoms with E-state index in [0.717, 1.165) is 11.1 Å². The van der Waals surface area contributed by atoms with Crippen LogP contribution in [0.25, 0.3) is 0 Å². The zero-order chi connectivity index (χ0) is 20.1. The van der Waals surface area contributed by atoms with Crippen molar-refractivity contribution in [1.29, 1.82) is 0 Å². The van der Waals surface area contributed by atoms with Crippen molar-refractivity contribution >= 4 is 23.3 Å². The first-order valence-electron chi connectivity index (χ1n) is 8.74. The Bertz CT molecular complexity index is 912. The van der Waals surface area contributed by atoms with Crippen molar-refractivity contribution in [3.63, 3.8) is 0 Å². The van der Waals surface area contributed by atoms with Gasteiger partial charge in [-0.3, -0.25) is 0 Å². The van der Waals surface area contributed by atoms with Crippen molar-refractivity contribution < 1.29 is 19.0 Å². The quantitative estimate of drug-likeness (QED) is 0.572. The highest BCUT2D eigenvalue weighted by atomic mass is 32.1. The molecule has 0 spiro atoms. The second-order valence-electron chi connectivity index (χ2n) is 6.25. The van der Waals surface area contributed by atoms with Crippen LogP contribution in [0, 0.1) is 0 Å². The van der Waals surface area contributed by atoms with Crippen LogP contribution in [0.15, 0.2) is 59.8 Å². The number of benzene rings is 2. The molecule has 0 bridgehead atoms. The van der Waals surface area contributed by atoms with Gasteiger partial charge in [-0.2, -0.15) is 0 Å². The predicted molar refractivity (Wildman–Crippen MR) is 110 cm³/mol. The Morgan fingerprint density at radius 3 is 2.46 bits per heavy atom. The summed E-state index contributed by atoms with van der Waals surface area (Å²) in [5.74, 6) is 0.765. The fourth-order valence-electron chi connectivity index (χ4n) is 3.05. The zero-order valence-electron chi connectivity index (χ0n) is 15.9. The van der Waals surface area contributed by atoms with Gasteiger partial charge in [0.05, 0.1) is 25.8 Å². The van der Waals surface area contributed by atoms with Crippen LogP contribution in [0.5, 0.6) is 11.5 Å². The Kier molecular flexibility index (Phi) is 6.16. The molecule has 0 aromatic heterocycles. The van der Waals surface area contributed by atoms with Gasteiger partial charge in [-0.05, 0) is 42.4 Å². The van der Waals surface area contributed by atoms with Gasteiger partial charge in [-0.15, -0.1) is 0 Å². The molecule has 1 aliphatic rings. The van der Waals surface area contributed by atoms with E-state index in [1.54, 1.807) is 27.2 Å². The number of nitrogens with one attached hydrogen (secondary N) is 2. The maximum Gasteiger partial charge on any atom is 0.338 e. The third-order valence-corrected chi connectivity index (χ3v) is 4.66. The Hall–Kier alpha value is -3.06. The third-order valence-electron chi connectivity index (χ3n) is 4.44. The van der Waals surface area contributed by atoms with Crippen molar-refractivity contribution in [1.82, 2.24) is 10.6 Å². The first-order chi connectivity index (χ1) is 13.5. The van der Waals surface area contributed by atoms with Crippen molar-refractivity contribution in [2.24, 2.45) is 0 Å². The monoisotopic (exact) mass is 398 g/mol. The summed E-state index contributed by atoms with van der Waals surface area (Å²) < 4.78 is 16.2. The van der Waals surface area contributed by atoms with Crippen LogP contribution in [0.1, 0.15) is 24.1 Å². The second-order valence-corrected chi connectivity index (χ2v) is 6.65. The van der Waals surface area contributed by atoms with Gasteiger partial charge in [0.1, 0.15) is 6.61 Å². The van der Waals surface area contributed by atoms with Gasteiger partial charge in [0.25, 0.3) is 0 Å². The molecule has 2 N–H and O–H groups in total. The zero-order valence-corrected chi connectivity index (χ0v) is 16.8. The molecule has 1 heterocycles. The Labute approximate surface area is 169 Å². The van der Waals surface area contributed by atoms with Gasteiger partial charge in [-0.1, -0.05) is 36.4 Å². The fourth-order valence-corrected chi connectivity index (χ4v) is 3.32. The number of hydrogen-bond donors (Lipinski definition) is 2. The van der Waals surface area contributed by atoms with Crippen molar-refractivity contribution in [3.05, 3.63) is 70.9 Å². The lowest BCUT2D eigenvalue weighted by atomic mass is 9.95. The topological polar surface area (TPSA) is 68.8 Å². The molecule has 1 atom stereocenters. The smallest absolute Gasteiger partial charge is 0.338 e. The van der Waals surface area contributed by atoms with Crippen LogP contribution >= 0.6 is 12.2 Å². The van der Waals surface area contributed by atoms with E-state index >= 15 is 0 Å². The van der Waals surface area contributed by atoms with Gasteiger partial charge < -0.3 is 24.8 Å². The summed E-state index contributed by atoms with van der Waals surface area (Å²) in [6.07, 6.45) is 0. The van der Waals surface area contributed by atoms with Crippen LogP contribution in [-0.4, -0.2) is 25.3 Å². The summed E-state index contributed by atoms with van der Waals surface area (Å²) in [6, 6.07) is 14.6. The van der Waals surface area contributed by atoms with E-state index in [9.17, 15) is 4.79 Å². The maximum absolute atomic E-state index is 12.9. The SMILES string of the molecule is COc1ccc(C2NC(=S)NC(C)=C2C(=O)OCc2ccccc2)cc1OC. The standard InChI is InChI=1S/C21H22N2O4S/c1-13-18(20(24)27-12-14-7-5-4-6-8-14)19(23-21(28)22-13)15-9-10-16(25-2)17(11-15)26-3/h4-11,19H,12H2,1-3H3,(H2,22,23,28). The molecule has 6 nitrogen and oxygen atoms in total. The van der Waals surface area contributed by atoms with E-state index in [-0.39, 0.29) is 6.61 Å². The minimum Gasteiger partial charge on any atom is -0.493 e. The first kappa shape index (κ1) is 19.7. The molecule has 0 aliphatic carbocycles. The number of ether oxygens (including phenoxy) is 3. The van der Waals surface area contributed by atoms with Crippen molar-refractivity contribution in [2.75, 3.05) is 14.2 Å². The van der Waals surface area contributed by atoms with Crippen LogP contribution in [0.3, 0.4) is 0 Å². The van der Waals surface area contributed by atoms with Crippen molar-refractivity contribution in [3.8, 4) is 11.5 Å². The van der Waals surface area contributed by atoms with Gasteiger partial charge in [0.2, 0.25) is 0 Å². The lowest BCUT2D eigenvalue weighted by Gasteiger charge is -2.30. The molecule has 0 saturated carbocycles. The van der Waals surface area contributed by atoms with E-state index < -0.39 is 12.0 Å². The van der Waals surface area contributed by atoms with E-state index in [2.05, 4.69) is 10.6 Å². The number of rotatable bonds is 6. The van der Waals surface area contributed by atoms with Gasteiger partial charge in [0, 0.05) is 5.70 Å². The average molecular weight is 398 g/mol. The maximum atomic E-state index is 12.9. The number of thiocarbonyl (C=S) groups is 1. The summed E-state index contributed by atoms with van der Waals surface area (Å²) in [4.78, 5) is 12.9. The largest absolute Gasteiger partial charge is 0.493 e. The van der Waals surface area contributed by atoms with E-state index in [0.29, 0.717) is 27.9 Å². The number of carbonyl (C=O) groups is 1. The number of allylic oxidation sites excluding steroid dienone is 1. The molecule has 0 radical (unpaired) electrons. The second kappa shape index (κ2) is 8.75. The summed E-state index contributed by atoms with van der Waals surface area (Å²) in [7, 11) is 3.14. The Morgan fingerprint density at radius 1 is 1.07 bits per heavy atom. The fraction of sp³-hybridized carbons (Fsp3) is 0.238. The Balaban J connectivity index is 1.89. The number of esters is 1. The number of carbonyl (C=O) groups excluding carboxylic acids is 1. The molecular weight excluding hydrogens is 376 g/mol. The van der Waals surface area contributed by atoms with E-state index in [4.69, 9.17) is 26.4 Å². The van der Waals surface area contributed by atoms with E-state index in [1.807, 2.05) is 42.5 Å². The van der Waals surface area contributed by atoms with Gasteiger partial charge in [-0.25, -0.2) is 4.79 Å². The van der Waals surface area contributed by atoms with Crippen molar-refractivity contribution in [2.45, 2.75) is 19.6 Å². The lowest BCUT2D eigenvalue weighted by molar-refractivity contribution is -0.140. The molecule has 3 rings (SSSR count). The molecule has 2 aromatic carbocycles. The summed E-state index contributed by atoms with van der Waals surface area (Å²) in [5, 5.41) is 6.59. The summed E-state index contributed by atoms with van der Waals surface area (Å²) in [6.45, 7) is 2.00. The van der Waals surface area contributed by atoms with E-state index in [1.165, 1.54) is 0 Å². The lowest BCUT2D eigenvalue weighted by Crippen LogP contribution is -2.45. The minimum absolute atomic E-state index is 0.194. The minimum atomic E-state index is -0.461. The molecule has 28 heavy (non-hydrogen) atoms. The molecule has 146 valence electrons. The van der Waals surface area contributed by atoms with Crippen LogP contribution < -0.4 is 20.1 Å². The molecule has 1 aliphatic heterocycles. The summed E-state index contributed by atoms with van der Waals surface area (Å²) in [5.41, 5.74) is 2.86. The first-order valence-corrected chi connectivity index (χ1v) is 9.15. The van der Waals surface area contributed by atoms with Crippen LogP contribution in [0.2, 0.25) is 0 Å². The average Bonchev–Trinajstić information content (AvgIpc) is 2.71. The molecule has 0 saturated heterocycles. The van der Waals surface area contributed by atoms with Gasteiger partial charge >= 0.3 is 5.97 Å². The highest BCUT2D eigenvalue weighted by Gasteiger charge is 2.31. The van der Waals surface area contributed by atoms with Crippen LogP contribution in [-0.2, 0) is 16.1 Å². The Morgan fingerprint density at radius 2 is 1.79 bits per heavy atom. The molecule has 2 aromatic rings. The highest BCUT2D eigenvalue weighted by molar-refractivity contribution is 7.80. The normalized spacial score (nSPS) is 16.1. The third kappa shape index (κ3) is 4.26. The number of hydrogen-bond acceptors (Lipinski definition) is 5. The van der Waals surface area contributed by atoms with Gasteiger partial charge in [0.15, 0.2) is 16.6 Å². The summed E-state index contributed by atoms with van der Waals surface area (Å²) >= 11 is 5.29. The predicted octanol–water partition coefficient (Wildman–Crippen LogP) is 3.24.